The van der Waals surface area contributed by atoms with Crippen LogP contribution in [0.25, 0.3) is 0 Å². The lowest BCUT2D eigenvalue weighted by Gasteiger charge is -2.32. The minimum absolute atomic E-state index is 0.0229. The number of rotatable bonds is 5. The highest BCUT2D eigenvalue weighted by Crippen LogP contribution is 2.40. The van der Waals surface area contributed by atoms with Crippen molar-refractivity contribution >= 4 is 11.9 Å². The Hall–Kier alpha value is -1.10. The Morgan fingerprint density at radius 2 is 1.89 bits per heavy atom. The van der Waals surface area contributed by atoms with Crippen LogP contribution in [0.5, 0.6) is 0 Å². The van der Waals surface area contributed by atoms with Crippen molar-refractivity contribution in [1.82, 2.24) is 4.90 Å². The lowest BCUT2D eigenvalue weighted by Crippen LogP contribution is -2.42. The molecule has 0 aromatic rings. The van der Waals surface area contributed by atoms with Crippen LogP contribution in [-0.2, 0) is 14.3 Å². The summed E-state index contributed by atoms with van der Waals surface area (Å²) in [5.41, 5.74) is 0. The molecule has 2 rings (SSSR count). The molecule has 108 valence electrons. The maximum atomic E-state index is 12.1. The van der Waals surface area contributed by atoms with Crippen LogP contribution in [0.2, 0.25) is 0 Å². The molecule has 0 radical (unpaired) electrons. The summed E-state index contributed by atoms with van der Waals surface area (Å²) >= 11 is 0. The highest BCUT2D eigenvalue weighted by Gasteiger charge is 2.50. The summed E-state index contributed by atoms with van der Waals surface area (Å²) in [6.07, 6.45) is 2.49. The number of nitrogens with zero attached hydrogens (tertiary/aromatic N) is 1. The van der Waals surface area contributed by atoms with Crippen LogP contribution in [0.3, 0.4) is 0 Å². The molecule has 0 aromatic heterocycles. The first kappa shape index (κ1) is 14.3. The monoisotopic (exact) mass is 269 g/mol. The predicted molar refractivity (Wildman–Crippen MR) is 69.6 cm³/mol. The second-order valence-electron chi connectivity index (χ2n) is 6.04. The zero-order chi connectivity index (χ0) is 14.0. The molecule has 1 heterocycles. The molecule has 1 saturated heterocycles. The number of hydrogen-bond donors (Lipinski definition) is 1. The second-order valence-corrected chi connectivity index (χ2v) is 6.04. The minimum atomic E-state index is -0.839. The number of carboxylic acid groups (broad SMARTS) is 1. The fourth-order valence-electron chi connectivity index (χ4n) is 2.55. The van der Waals surface area contributed by atoms with Crippen molar-refractivity contribution in [3.8, 4) is 0 Å². The lowest BCUT2D eigenvalue weighted by molar-refractivity contribution is -0.142. The number of hydrogen-bond acceptors (Lipinski definition) is 3. The zero-order valence-electron chi connectivity index (χ0n) is 11.7. The molecule has 5 heteroatoms. The SMILES string of the molecule is CC(C)COC1CCN(C(=O)C2CC2C(=O)O)CC1. The van der Waals surface area contributed by atoms with E-state index in [0.717, 1.165) is 19.4 Å². The van der Waals surface area contributed by atoms with Crippen molar-refractivity contribution in [2.75, 3.05) is 19.7 Å². The van der Waals surface area contributed by atoms with Gasteiger partial charge in [0.1, 0.15) is 0 Å². The first-order valence-corrected chi connectivity index (χ1v) is 7.12. The molecule has 5 nitrogen and oxygen atoms in total. The van der Waals surface area contributed by atoms with Crippen LogP contribution in [0.4, 0.5) is 0 Å². The van der Waals surface area contributed by atoms with Crippen molar-refractivity contribution in [3.05, 3.63) is 0 Å². The fraction of sp³-hybridized carbons (Fsp3) is 0.857. The number of carboxylic acids is 1. The van der Waals surface area contributed by atoms with Gasteiger partial charge in [-0.3, -0.25) is 9.59 Å². The smallest absolute Gasteiger partial charge is 0.307 e. The van der Waals surface area contributed by atoms with Crippen molar-refractivity contribution in [3.63, 3.8) is 0 Å². The van der Waals surface area contributed by atoms with Crippen molar-refractivity contribution in [1.29, 1.82) is 0 Å². The number of likely N-dealkylation sites (tertiary alicyclic amines) is 1. The Bertz CT molecular complexity index is 347. The predicted octanol–water partition coefficient (Wildman–Crippen LogP) is 1.37. The molecule has 1 saturated carbocycles. The maximum Gasteiger partial charge on any atom is 0.307 e. The summed E-state index contributed by atoms with van der Waals surface area (Å²) in [7, 11) is 0. The molecule has 2 atom stereocenters. The number of carbonyl (C=O) groups excluding carboxylic acids is 1. The first-order chi connectivity index (χ1) is 8.99. The van der Waals surface area contributed by atoms with Crippen molar-refractivity contribution in [2.45, 2.75) is 39.2 Å². The Morgan fingerprint density at radius 1 is 1.26 bits per heavy atom. The molecule has 0 spiro atoms. The molecule has 0 bridgehead atoms. The van der Waals surface area contributed by atoms with E-state index in [1.807, 2.05) is 4.90 Å². The summed E-state index contributed by atoms with van der Waals surface area (Å²) < 4.78 is 5.78. The molecular formula is C14H23NO4. The van der Waals surface area contributed by atoms with E-state index in [2.05, 4.69) is 13.8 Å². The first-order valence-electron chi connectivity index (χ1n) is 7.12. The van der Waals surface area contributed by atoms with Crippen LogP contribution >= 0.6 is 0 Å². The van der Waals surface area contributed by atoms with Crippen LogP contribution in [0.15, 0.2) is 0 Å². The van der Waals surface area contributed by atoms with Crippen molar-refractivity contribution in [2.24, 2.45) is 17.8 Å². The molecule has 1 amide bonds. The third kappa shape index (κ3) is 3.69. The van der Waals surface area contributed by atoms with Crippen LogP contribution in [0, 0.1) is 17.8 Å². The number of aliphatic carboxylic acids is 1. The normalized spacial score (nSPS) is 27.6. The number of amides is 1. The molecule has 2 unspecified atom stereocenters. The molecule has 1 aliphatic carbocycles. The van der Waals surface area contributed by atoms with E-state index in [4.69, 9.17) is 9.84 Å². The average Bonchev–Trinajstić information content (AvgIpc) is 3.16. The molecule has 1 aliphatic heterocycles. The Balaban J connectivity index is 1.71. The molecule has 1 N–H and O–H groups in total. The third-order valence-corrected chi connectivity index (χ3v) is 3.84. The summed E-state index contributed by atoms with van der Waals surface area (Å²) in [6, 6.07) is 0. The maximum absolute atomic E-state index is 12.1. The van der Waals surface area contributed by atoms with Crippen LogP contribution < -0.4 is 0 Å². The summed E-state index contributed by atoms with van der Waals surface area (Å²) in [5.74, 6) is -1.00. The van der Waals surface area contributed by atoms with Gasteiger partial charge >= 0.3 is 5.97 Å². The van der Waals surface area contributed by atoms with E-state index in [1.54, 1.807) is 0 Å². The van der Waals surface area contributed by atoms with Crippen LogP contribution in [0.1, 0.15) is 33.1 Å². The topological polar surface area (TPSA) is 66.8 Å². The second kappa shape index (κ2) is 5.90. The van der Waals surface area contributed by atoms with Gasteiger partial charge in [-0.05, 0) is 25.2 Å². The molecule has 2 aliphatic rings. The molecule has 19 heavy (non-hydrogen) atoms. The Labute approximate surface area is 113 Å². The van der Waals surface area contributed by atoms with Crippen molar-refractivity contribution < 1.29 is 19.4 Å². The van der Waals surface area contributed by atoms with E-state index < -0.39 is 11.9 Å². The van der Waals surface area contributed by atoms with Gasteiger partial charge in [-0.15, -0.1) is 0 Å². The molecular weight excluding hydrogens is 246 g/mol. The van der Waals surface area contributed by atoms with Gasteiger partial charge in [0, 0.05) is 19.7 Å². The summed E-state index contributed by atoms with van der Waals surface area (Å²) in [4.78, 5) is 24.6. The average molecular weight is 269 g/mol. The number of ether oxygens (including phenoxy) is 1. The van der Waals surface area contributed by atoms with Gasteiger partial charge in [0.05, 0.1) is 17.9 Å². The van der Waals surface area contributed by atoms with E-state index in [0.29, 0.717) is 25.4 Å². The highest BCUT2D eigenvalue weighted by atomic mass is 16.5. The molecule has 0 aromatic carbocycles. The van der Waals surface area contributed by atoms with Crippen LogP contribution in [-0.4, -0.2) is 47.7 Å². The van der Waals surface area contributed by atoms with Gasteiger partial charge in [-0.2, -0.15) is 0 Å². The minimum Gasteiger partial charge on any atom is -0.481 e. The van der Waals surface area contributed by atoms with Gasteiger partial charge in [0.2, 0.25) is 5.91 Å². The van der Waals surface area contributed by atoms with Gasteiger partial charge in [-0.1, -0.05) is 13.8 Å². The largest absolute Gasteiger partial charge is 0.481 e. The van der Waals surface area contributed by atoms with Gasteiger partial charge in [-0.25, -0.2) is 0 Å². The Kier molecular flexibility index (Phi) is 4.45. The zero-order valence-corrected chi connectivity index (χ0v) is 11.7. The van der Waals surface area contributed by atoms with Gasteiger partial charge in [0.25, 0.3) is 0 Å². The third-order valence-electron chi connectivity index (χ3n) is 3.84. The molecule has 2 fully saturated rings. The van der Waals surface area contributed by atoms with Gasteiger partial charge < -0.3 is 14.7 Å². The highest BCUT2D eigenvalue weighted by molar-refractivity contribution is 5.89. The summed E-state index contributed by atoms with van der Waals surface area (Å²) in [6.45, 7) is 6.41. The Morgan fingerprint density at radius 3 is 2.37 bits per heavy atom. The number of piperidine rings is 1. The quantitative estimate of drug-likeness (QED) is 0.818. The van der Waals surface area contributed by atoms with Gasteiger partial charge in [0.15, 0.2) is 0 Å². The standard InChI is InChI=1S/C14H23NO4/c1-9(2)8-19-10-3-5-15(6-4-10)13(16)11-7-12(11)14(17)18/h9-12H,3-8H2,1-2H3,(H,17,18). The fourth-order valence-corrected chi connectivity index (χ4v) is 2.55. The number of carbonyl (C=O) groups is 2. The van der Waals surface area contributed by atoms with E-state index in [-0.39, 0.29) is 17.9 Å². The summed E-state index contributed by atoms with van der Waals surface area (Å²) in [5, 5.41) is 8.84. The van der Waals surface area contributed by atoms with E-state index >= 15 is 0 Å². The van der Waals surface area contributed by atoms with E-state index in [9.17, 15) is 9.59 Å². The lowest BCUT2D eigenvalue weighted by atomic mass is 10.1. The van der Waals surface area contributed by atoms with E-state index in [1.165, 1.54) is 0 Å².